The number of furan rings is 1. The van der Waals surface area contributed by atoms with Crippen molar-refractivity contribution in [2.75, 3.05) is 29.0 Å². The number of likely N-dealkylation sites (tertiary alicyclic amines) is 1. The summed E-state index contributed by atoms with van der Waals surface area (Å²) in [6.45, 7) is 10.1. The molecular formula is C34H40ClN5O3. The zero-order valence-electron chi connectivity index (χ0n) is 25.0. The minimum absolute atomic E-state index is 0.0239. The number of hydrogen-bond acceptors (Lipinski definition) is 6. The Balaban J connectivity index is 0.00000135. The number of carbonyl (C=O) groups is 2. The second-order valence-electron chi connectivity index (χ2n) is 10.6. The van der Waals surface area contributed by atoms with Crippen LogP contribution < -0.4 is 16.0 Å². The van der Waals surface area contributed by atoms with Crippen LogP contribution in [0.25, 0.3) is 0 Å². The van der Waals surface area contributed by atoms with Crippen molar-refractivity contribution in [2.45, 2.75) is 52.6 Å². The van der Waals surface area contributed by atoms with E-state index in [1.807, 2.05) is 51.1 Å². The van der Waals surface area contributed by atoms with Crippen LogP contribution in [-0.2, 0) is 17.6 Å². The minimum atomic E-state index is -0.203. The first kappa shape index (κ1) is 31.6. The molecular weight excluding hydrogens is 562 g/mol. The zero-order chi connectivity index (χ0) is 30.8. The maximum absolute atomic E-state index is 13.3. The first-order valence-electron chi connectivity index (χ1n) is 14.7. The number of fused-ring (bicyclic) bond motifs is 4. The van der Waals surface area contributed by atoms with E-state index in [9.17, 15) is 9.59 Å². The number of nitrogens with one attached hydrogen (secondary N) is 3. The second kappa shape index (κ2) is 15.3. The molecule has 0 radical (unpaired) electrons. The molecule has 1 saturated heterocycles. The average molecular weight is 602 g/mol. The minimum Gasteiger partial charge on any atom is -0.459 e. The van der Waals surface area contributed by atoms with E-state index < -0.39 is 0 Å². The van der Waals surface area contributed by atoms with Crippen LogP contribution in [0.2, 0.25) is 0 Å². The summed E-state index contributed by atoms with van der Waals surface area (Å²) in [6.07, 6.45) is 7.61. The molecule has 4 bridgehead atoms. The van der Waals surface area contributed by atoms with Gasteiger partial charge in [-0.1, -0.05) is 35.9 Å². The highest BCUT2D eigenvalue weighted by Crippen LogP contribution is 2.27. The maximum Gasteiger partial charge on any atom is 0.289 e. The van der Waals surface area contributed by atoms with Gasteiger partial charge in [0.15, 0.2) is 5.76 Å². The van der Waals surface area contributed by atoms with E-state index in [1.165, 1.54) is 11.8 Å². The van der Waals surface area contributed by atoms with Gasteiger partial charge in [-0.15, -0.1) is 6.58 Å². The molecule has 8 nitrogen and oxygen atoms in total. The Kier molecular flexibility index (Phi) is 11.2. The Morgan fingerprint density at radius 2 is 1.84 bits per heavy atom. The molecule has 3 aromatic rings. The van der Waals surface area contributed by atoms with Gasteiger partial charge >= 0.3 is 0 Å². The number of benzene rings is 2. The Labute approximate surface area is 258 Å². The smallest absolute Gasteiger partial charge is 0.289 e. The Hall–Kier alpha value is -4.30. The average Bonchev–Trinajstić information content (AvgIpc) is 3.55. The first-order chi connectivity index (χ1) is 20.8. The highest BCUT2D eigenvalue weighted by atomic mass is 35.5. The molecule has 3 heterocycles. The van der Waals surface area contributed by atoms with Crippen LogP contribution in [-0.4, -0.2) is 41.8 Å². The Morgan fingerprint density at radius 3 is 2.53 bits per heavy atom. The first-order valence-corrected chi connectivity index (χ1v) is 15.0. The molecule has 1 unspecified atom stereocenters. The monoisotopic (exact) mass is 601 g/mol. The lowest BCUT2D eigenvalue weighted by atomic mass is 9.95. The van der Waals surface area contributed by atoms with Crippen molar-refractivity contribution in [3.63, 3.8) is 0 Å². The predicted molar refractivity (Wildman–Crippen MR) is 176 cm³/mol. The quantitative estimate of drug-likeness (QED) is 0.269. The van der Waals surface area contributed by atoms with E-state index in [4.69, 9.17) is 21.0 Å². The SMILES string of the molecule is C/C=C(Cl)\C1=N/C(C)Nc2cccc(c2)CCc2cc(ccc2NC(=O)C2CCN(C(=O)c3ccco3)CC2)N1.C=CC. The van der Waals surface area contributed by atoms with Crippen LogP contribution in [0, 0.1) is 5.92 Å². The summed E-state index contributed by atoms with van der Waals surface area (Å²) in [7, 11) is 0. The molecule has 43 heavy (non-hydrogen) atoms. The largest absolute Gasteiger partial charge is 0.459 e. The molecule has 0 saturated carbocycles. The van der Waals surface area contributed by atoms with Crippen LogP contribution in [0.15, 0.2) is 94.0 Å². The summed E-state index contributed by atoms with van der Waals surface area (Å²) in [5.41, 5.74) is 4.83. The molecule has 9 heteroatoms. The summed E-state index contributed by atoms with van der Waals surface area (Å²) >= 11 is 6.51. The number of allylic oxidation sites excluding steroid dienone is 2. The van der Waals surface area contributed by atoms with Crippen molar-refractivity contribution in [1.29, 1.82) is 0 Å². The lowest BCUT2D eigenvalue weighted by Gasteiger charge is -2.31. The number of rotatable bonds is 4. The molecule has 1 atom stereocenters. The van der Waals surface area contributed by atoms with E-state index in [0.29, 0.717) is 42.6 Å². The molecule has 1 fully saturated rings. The highest BCUT2D eigenvalue weighted by Gasteiger charge is 2.29. The van der Waals surface area contributed by atoms with Crippen molar-refractivity contribution >= 4 is 46.3 Å². The van der Waals surface area contributed by atoms with Gasteiger partial charge in [-0.05, 0) is 100 Å². The van der Waals surface area contributed by atoms with Crippen LogP contribution >= 0.6 is 11.6 Å². The number of nitrogens with zero attached hydrogens (tertiary/aromatic N) is 2. The number of halogens is 1. The van der Waals surface area contributed by atoms with Gasteiger partial charge < -0.3 is 25.3 Å². The fourth-order valence-corrected chi connectivity index (χ4v) is 5.22. The van der Waals surface area contributed by atoms with Crippen molar-refractivity contribution in [3.05, 3.63) is 102 Å². The number of carbonyl (C=O) groups excluding carboxylic acids is 2. The number of amidine groups is 1. The molecule has 2 aromatic carbocycles. The molecule has 1 aromatic heterocycles. The highest BCUT2D eigenvalue weighted by molar-refractivity contribution is 6.45. The topological polar surface area (TPSA) is 99.0 Å². The second-order valence-corrected chi connectivity index (χ2v) is 11.0. The standard InChI is InChI=1S/C31H34ClN5O3.C3H6/c1-3-26(32)29-34-20(2)33-24-7-4-6-21(18-24)9-10-23-19-25(35-29)11-12-27(23)36-30(38)22-13-15-37(16-14-22)31(39)28-8-5-17-40-28;1-3-2/h3-8,11-12,17-20,22,33H,9-10,13-16H2,1-2H3,(H,34,35)(H,36,38);3H,1H2,2H3/b26-3+;. The fourth-order valence-electron chi connectivity index (χ4n) is 5.13. The van der Waals surface area contributed by atoms with Gasteiger partial charge in [0.25, 0.3) is 5.91 Å². The third-order valence-electron chi connectivity index (χ3n) is 7.30. The van der Waals surface area contributed by atoms with Crippen LogP contribution in [0.5, 0.6) is 0 Å². The molecule has 2 aliphatic rings. The zero-order valence-corrected chi connectivity index (χ0v) is 25.8. The molecule has 5 rings (SSSR count). The number of hydrogen-bond donors (Lipinski definition) is 3. The fraction of sp³-hybridized carbons (Fsp3) is 0.324. The predicted octanol–water partition coefficient (Wildman–Crippen LogP) is 7.47. The van der Waals surface area contributed by atoms with E-state index in [-0.39, 0.29) is 23.9 Å². The number of aliphatic imine (C=N–C) groups is 1. The molecule has 2 amide bonds. The van der Waals surface area contributed by atoms with Gasteiger partial charge in [0.05, 0.1) is 11.3 Å². The molecule has 2 aliphatic heterocycles. The number of aryl methyl sites for hydroxylation is 2. The Morgan fingerprint density at radius 1 is 1.07 bits per heavy atom. The number of piperidine rings is 1. The third kappa shape index (κ3) is 8.61. The Bertz CT molecular complexity index is 1470. The van der Waals surface area contributed by atoms with Crippen LogP contribution in [0.4, 0.5) is 17.1 Å². The lowest BCUT2D eigenvalue weighted by molar-refractivity contribution is -0.121. The summed E-state index contributed by atoms with van der Waals surface area (Å²) in [4.78, 5) is 32.4. The third-order valence-corrected chi connectivity index (χ3v) is 7.70. The lowest BCUT2D eigenvalue weighted by Crippen LogP contribution is -2.41. The van der Waals surface area contributed by atoms with Gasteiger partial charge in [-0.3, -0.25) is 9.59 Å². The van der Waals surface area contributed by atoms with E-state index in [2.05, 4.69) is 40.7 Å². The number of amides is 2. The summed E-state index contributed by atoms with van der Waals surface area (Å²) in [6, 6.07) is 17.6. The van der Waals surface area contributed by atoms with Gasteiger partial charge in [0.1, 0.15) is 12.0 Å². The normalized spacial score (nSPS) is 18.5. The van der Waals surface area contributed by atoms with Crippen molar-refractivity contribution in [3.8, 4) is 0 Å². The number of anilines is 3. The van der Waals surface area contributed by atoms with Gasteiger partial charge in [-0.25, -0.2) is 4.99 Å². The van der Waals surface area contributed by atoms with Crippen LogP contribution in [0.1, 0.15) is 55.3 Å². The van der Waals surface area contributed by atoms with Crippen molar-refractivity contribution in [1.82, 2.24) is 4.90 Å². The van der Waals surface area contributed by atoms with Crippen LogP contribution in [0.3, 0.4) is 0 Å². The van der Waals surface area contributed by atoms with Crippen molar-refractivity contribution in [2.24, 2.45) is 10.9 Å². The molecule has 0 spiro atoms. The molecule has 0 aliphatic carbocycles. The van der Waals surface area contributed by atoms with E-state index in [0.717, 1.165) is 35.5 Å². The van der Waals surface area contributed by atoms with Crippen molar-refractivity contribution < 1.29 is 14.0 Å². The van der Waals surface area contributed by atoms with Gasteiger partial charge in [0.2, 0.25) is 5.91 Å². The van der Waals surface area contributed by atoms with Gasteiger partial charge in [-0.2, -0.15) is 0 Å². The molecule has 3 N–H and O–H groups in total. The van der Waals surface area contributed by atoms with Gasteiger partial charge in [0, 0.05) is 36.1 Å². The summed E-state index contributed by atoms with van der Waals surface area (Å²) in [5.74, 6) is 0.573. The van der Waals surface area contributed by atoms with E-state index >= 15 is 0 Å². The summed E-state index contributed by atoms with van der Waals surface area (Å²) in [5, 5.41) is 10.5. The van der Waals surface area contributed by atoms with E-state index in [1.54, 1.807) is 23.1 Å². The maximum atomic E-state index is 13.3. The summed E-state index contributed by atoms with van der Waals surface area (Å²) < 4.78 is 5.25. The molecule has 226 valence electrons.